The molecule has 0 spiro atoms. The number of thiazole rings is 1. The maximum absolute atomic E-state index is 13.1. The van der Waals surface area contributed by atoms with Gasteiger partial charge in [-0.15, -0.1) is 11.3 Å². The second kappa shape index (κ2) is 9.79. The Kier molecular flexibility index (Phi) is 6.86. The molecule has 0 saturated carbocycles. The van der Waals surface area contributed by atoms with E-state index in [0.29, 0.717) is 32.7 Å². The van der Waals surface area contributed by atoms with Crippen LogP contribution in [0.1, 0.15) is 31.0 Å². The van der Waals surface area contributed by atoms with Crippen LogP contribution in [0.25, 0.3) is 10.4 Å². The molecular formula is C23H28N4O4S. The maximum Gasteiger partial charge on any atom is 0.248 e. The summed E-state index contributed by atoms with van der Waals surface area (Å²) in [5.41, 5.74) is 4.94. The molecule has 3 heterocycles. The van der Waals surface area contributed by atoms with Gasteiger partial charge >= 0.3 is 0 Å². The molecule has 4 rings (SSSR count). The van der Waals surface area contributed by atoms with Crippen molar-refractivity contribution in [1.29, 1.82) is 0 Å². The molecule has 0 aliphatic carbocycles. The van der Waals surface area contributed by atoms with Gasteiger partial charge in [-0.05, 0) is 30.9 Å². The van der Waals surface area contributed by atoms with E-state index >= 15 is 0 Å². The SMILES string of the molecule is CC(=O)N1CCOCC1C(=O)N1CCCC1C(=O)NCc1ccc(-c2scnc2C)cc1. The first-order chi connectivity index (χ1) is 15.5. The third-order valence-corrected chi connectivity index (χ3v) is 7.06. The number of benzene rings is 1. The molecule has 1 aromatic heterocycles. The van der Waals surface area contributed by atoms with E-state index in [-0.39, 0.29) is 24.3 Å². The lowest BCUT2D eigenvalue weighted by atomic mass is 10.1. The number of amides is 3. The van der Waals surface area contributed by atoms with Crippen molar-refractivity contribution in [1.82, 2.24) is 20.1 Å². The van der Waals surface area contributed by atoms with Crippen LogP contribution in [0.2, 0.25) is 0 Å². The van der Waals surface area contributed by atoms with Crippen LogP contribution in [0.5, 0.6) is 0 Å². The molecule has 8 nitrogen and oxygen atoms in total. The van der Waals surface area contributed by atoms with E-state index in [1.165, 1.54) is 6.92 Å². The molecule has 0 bridgehead atoms. The summed E-state index contributed by atoms with van der Waals surface area (Å²) in [5.74, 6) is -0.519. The van der Waals surface area contributed by atoms with Crippen LogP contribution in [-0.2, 0) is 25.7 Å². The van der Waals surface area contributed by atoms with Gasteiger partial charge in [0, 0.05) is 26.6 Å². The molecule has 2 atom stereocenters. The van der Waals surface area contributed by atoms with Gasteiger partial charge in [0.1, 0.15) is 12.1 Å². The first kappa shape index (κ1) is 22.4. The zero-order valence-electron chi connectivity index (χ0n) is 18.4. The van der Waals surface area contributed by atoms with Gasteiger partial charge < -0.3 is 19.9 Å². The largest absolute Gasteiger partial charge is 0.377 e. The van der Waals surface area contributed by atoms with Gasteiger partial charge in [-0.25, -0.2) is 4.98 Å². The number of morpholine rings is 1. The second-order valence-corrected chi connectivity index (χ2v) is 9.03. The van der Waals surface area contributed by atoms with Crippen molar-refractivity contribution in [2.24, 2.45) is 0 Å². The molecule has 3 amide bonds. The number of nitrogens with zero attached hydrogens (tertiary/aromatic N) is 3. The highest BCUT2D eigenvalue weighted by Crippen LogP contribution is 2.27. The van der Waals surface area contributed by atoms with Crippen LogP contribution in [0.3, 0.4) is 0 Å². The van der Waals surface area contributed by atoms with Crippen LogP contribution in [-0.4, -0.2) is 70.9 Å². The van der Waals surface area contributed by atoms with Crippen molar-refractivity contribution in [3.63, 3.8) is 0 Å². The van der Waals surface area contributed by atoms with Crippen LogP contribution in [0.15, 0.2) is 29.8 Å². The molecule has 1 N–H and O–H groups in total. The highest BCUT2D eigenvalue weighted by atomic mass is 32.1. The van der Waals surface area contributed by atoms with E-state index in [9.17, 15) is 14.4 Å². The van der Waals surface area contributed by atoms with E-state index in [1.54, 1.807) is 21.1 Å². The van der Waals surface area contributed by atoms with E-state index in [1.807, 2.05) is 36.7 Å². The number of likely N-dealkylation sites (tertiary alicyclic amines) is 1. The smallest absolute Gasteiger partial charge is 0.248 e. The molecule has 2 aromatic rings. The molecule has 170 valence electrons. The Morgan fingerprint density at radius 1 is 1.16 bits per heavy atom. The fraction of sp³-hybridized carbons (Fsp3) is 0.478. The van der Waals surface area contributed by atoms with Gasteiger partial charge in [-0.1, -0.05) is 24.3 Å². The van der Waals surface area contributed by atoms with E-state index in [2.05, 4.69) is 10.3 Å². The minimum Gasteiger partial charge on any atom is -0.377 e. The summed E-state index contributed by atoms with van der Waals surface area (Å²) < 4.78 is 5.44. The molecule has 2 saturated heterocycles. The van der Waals surface area contributed by atoms with Crippen molar-refractivity contribution in [3.8, 4) is 10.4 Å². The summed E-state index contributed by atoms with van der Waals surface area (Å²) in [6.07, 6.45) is 1.38. The summed E-state index contributed by atoms with van der Waals surface area (Å²) in [6.45, 7) is 5.36. The molecule has 2 fully saturated rings. The lowest BCUT2D eigenvalue weighted by Gasteiger charge is -2.37. The monoisotopic (exact) mass is 456 g/mol. The summed E-state index contributed by atoms with van der Waals surface area (Å²) in [7, 11) is 0. The minimum atomic E-state index is -0.655. The van der Waals surface area contributed by atoms with Gasteiger partial charge in [0.05, 0.1) is 29.3 Å². The topological polar surface area (TPSA) is 91.8 Å². The summed E-state index contributed by atoms with van der Waals surface area (Å²) in [6, 6.07) is 6.89. The first-order valence-electron chi connectivity index (χ1n) is 10.9. The van der Waals surface area contributed by atoms with Crippen LogP contribution in [0.4, 0.5) is 0 Å². The fourth-order valence-electron chi connectivity index (χ4n) is 4.34. The average molecular weight is 457 g/mol. The molecule has 9 heteroatoms. The Morgan fingerprint density at radius 2 is 1.94 bits per heavy atom. The normalized spacial score (nSPS) is 20.9. The van der Waals surface area contributed by atoms with Gasteiger partial charge in [-0.3, -0.25) is 14.4 Å². The molecule has 0 radical (unpaired) electrons. The van der Waals surface area contributed by atoms with E-state index in [4.69, 9.17) is 4.74 Å². The number of rotatable bonds is 5. The predicted octanol–water partition coefficient (Wildman–Crippen LogP) is 1.97. The van der Waals surface area contributed by atoms with Gasteiger partial charge in [0.2, 0.25) is 17.7 Å². The number of ether oxygens (including phenoxy) is 1. The van der Waals surface area contributed by atoms with Gasteiger partial charge in [-0.2, -0.15) is 0 Å². The third kappa shape index (κ3) is 4.68. The maximum atomic E-state index is 13.1. The number of aromatic nitrogens is 1. The summed E-state index contributed by atoms with van der Waals surface area (Å²) >= 11 is 1.61. The van der Waals surface area contributed by atoms with Crippen molar-refractivity contribution < 1.29 is 19.1 Å². The third-order valence-electron chi connectivity index (χ3n) is 6.08. The Labute approximate surface area is 191 Å². The lowest BCUT2D eigenvalue weighted by molar-refractivity contribution is -0.154. The quantitative estimate of drug-likeness (QED) is 0.743. The Bertz CT molecular complexity index is 990. The van der Waals surface area contributed by atoms with Gasteiger partial charge in [0.25, 0.3) is 0 Å². The average Bonchev–Trinajstić information content (AvgIpc) is 3.46. The zero-order chi connectivity index (χ0) is 22.7. The highest BCUT2D eigenvalue weighted by Gasteiger charge is 2.40. The van der Waals surface area contributed by atoms with E-state index in [0.717, 1.165) is 28.1 Å². The number of carbonyl (C=O) groups excluding carboxylic acids is 3. The van der Waals surface area contributed by atoms with E-state index < -0.39 is 12.1 Å². The molecule has 2 aliphatic heterocycles. The Morgan fingerprint density at radius 3 is 2.62 bits per heavy atom. The Balaban J connectivity index is 1.37. The van der Waals surface area contributed by atoms with Crippen LogP contribution < -0.4 is 5.32 Å². The number of carbonyl (C=O) groups is 3. The fourth-order valence-corrected chi connectivity index (χ4v) is 5.15. The van der Waals surface area contributed by atoms with Crippen LogP contribution in [0, 0.1) is 6.92 Å². The molecule has 1 aromatic carbocycles. The Hall–Kier alpha value is -2.78. The lowest BCUT2D eigenvalue weighted by Crippen LogP contribution is -2.58. The second-order valence-electron chi connectivity index (χ2n) is 8.17. The first-order valence-corrected chi connectivity index (χ1v) is 11.8. The van der Waals surface area contributed by atoms with Crippen molar-refractivity contribution >= 4 is 29.1 Å². The number of hydrogen-bond acceptors (Lipinski definition) is 6. The highest BCUT2D eigenvalue weighted by molar-refractivity contribution is 7.13. The standard InChI is InChI=1S/C23H28N4O4S/c1-15-21(32-14-25-15)18-7-5-17(6-8-18)12-24-22(29)19-4-3-9-27(19)23(30)20-13-31-11-10-26(20)16(2)28/h5-8,14,19-20H,3-4,9-13H2,1-2H3,(H,24,29). The molecule has 32 heavy (non-hydrogen) atoms. The molecular weight excluding hydrogens is 428 g/mol. The number of nitrogens with one attached hydrogen (secondary N) is 1. The van der Waals surface area contributed by atoms with Crippen LogP contribution >= 0.6 is 11.3 Å². The molecule has 2 unspecified atom stereocenters. The number of hydrogen-bond donors (Lipinski definition) is 1. The van der Waals surface area contributed by atoms with Crippen molar-refractivity contribution in [3.05, 3.63) is 41.0 Å². The predicted molar refractivity (Wildman–Crippen MR) is 121 cm³/mol. The van der Waals surface area contributed by atoms with Crippen molar-refractivity contribution in [2.75, 3.05) is 26.3 Å². The van der Waals surface area contributed by atoms with Gasteiger partial charge in [0.15, 0.2) is 0 Å². The summed E-state index contributed by atoms with van der Waals surface area (Å²) in [5, 5.41) is 2.97. The number of aryl methyl sites for hydroxylation is 1. The zero-order valence-corrected chi connectivity index (χ0v) is 19.2. The minimum absolute atomic E-state index is 0.149. The van der Waals surface area contributed by atoms with Crippen molar-refractivity contribution in [2.45, 2.75) is 45.3 Å². The molecule has 2 aliphatic rings. The summed E-state index contributed by atoms with van der Waals surface area (Å²) in [4.78, 5) is 46.6.